The second-order valence-electron chi connectivity index (χ2n) is 5.30. The minimum Gasteiger partial charge on any atom is -0.355 e. The van der Waals surface area contributed by atoms with Gasteiger partial charge in [0.25, 0.3) is 0 Å². The van der Waals surface area contributed by atoms with Crippen molar-refractivity contribution in [1.29, 1.82) is 0 Å². The predicted octanol–water partition coefficient (Wildman–Crippen LogP) is 6.28. The topological polar surface area (TPSA) is 3.24 Å². The van der Waals surface area contributed by atoms with E-state index >= 15 is 0 Å². The largest absolute Gasteiger partial charge is 0.355 e. The Kier molecular flexibility index (Phi) is 14.8. The van der Waals surface area contributed by atoms with Crippen LogP contribution in [0.5, 0.6) is 0 Å². The van der Waals surface area contributed by atoms with Crippen LogP contribution in [-0.4, -0.2) is 11.4 Å². The van der Waals surface area contributed by atoms with Gasteiger partial charge in [-0.25, -0.2) is 0 Å². The van der Waals surface area contributed by atoms with Crippen molar-refractivity contribution < 1.29 is 0 Å². The molecule has 0 aromatic carbocycles. The normalized spacial score (nSPS) is 11.7. The Hall–Kier alpha value is -0.720. The van der Waals surface area contributed by atoms with Gasteiger partial charge in [0, 0.05) is 6.54 Å². The Labute approximate surface area is 121 Å². The van der Waals surface area contributed by atoms with E-state index in [1.807, 2.05) is 0 Å². The lowest BCUT2D eigenvalue weighted by atomic mass is 10.1. The third-order valence-electron chi connectivity index (χ3n) is 3.41. The molecule has 0 saturated carbocycles. The Morgan fingerprint density at radius 2 is 1.11 bits per heavy atom. The molecular formula is C18H35N. The summed E-state index contributed by atoms with van der Waals surface area (Å²) in [6.45, 7) is 7.81. The summed E-state index contributed by atoms with van der Waals surface area (Å²) in [5, 5.41) is 0. The molecule has 0 N–H and O–H groups in total. The van der Waals surface area contributed by atoms with Crippen LogP contribution in [0, 0.1) is 0 Å². The van der Waals surface area contributed by atoms with Crippen molar-refractivity contribution in [1.82, 2.24) is 4.90 Å². The third kappa shape index (κ3) is 13.5. The first-order valence-electron chi connectivity index (χ1n) is 8.44. The molecule has 0 aromatic rings. The highest BCUT2D eigenvalue weighted by atomic mass is 15.1. The first-order valence-corrected chi connectivity index (χ1v) is 8.44. The fourth-order valence-corrected chi connectivity index (χ4v) is 2.06. The molecule has 0 bridgehead atoms. The summed E-state index contributed by atoms with van der Waals surface area (Å²) in [7, 11) is 0. The summed E-state index contributed by atoms with van der Waals surface area (Å²) < 4.78 is 0. The van der Waals surface area contributed by atoms with Crippen molar-refractivity contribution >= 4 is 0 Å². The maximum atomic E-state index is 2.32. The van der Waals surface area contributed by atoms with Crippen LogP contribution in [-0.2, 0) is 0 Å². The highest BCUT2D eigenvalue weighted by Gasteiger charge is 1.90. The Bertz CT molecular complexity index is 196. The zero-order chi connectivity index (χ0) is 14.2. The number of unbranched alkanes of at least 4 members (excludes halogenated alkanes) is 8. The van der Waals surface area contributed by atoms with E-state index in [-0.39, 0.29) is 0 Å². The molecule has 0 saturated heterocycles. The van der Waals surface area contributed by atoms with Gasteiger partial charge in [-0.05, 0) is 45.0 Å². The molecule has 0 amide bonds. The fraction of sp³-hybridized carbons (Fsp3) is 0.778. The van der Waals surface area contributed by atoms with Crippen LogP contribution >= 0.6 is 0 Å². The molecule has 0 aliphatic rings. The van der Waals surface area contributed by atoms with Crippen LogP contribution < -0.4 is 0 Å². The minimum atomic E-state index is 1.07. The second-order valence-corrected chi connectivity index (χ2v) is 5.30. The van der Waals surface area contributed by atoms with Crippen LogP contribution in [0.25, 0.3) is 0 Å². The lowest BCUT2D eigenvalue weighted by Crippen LogP contribution is -2.07. The summed E-state index contributed by atoms with van der Waals surface area (Å²) in [6.07, 6.45) is 22.4. The maximum Gasteiger partial charge on any atom is 0.0190 e. The maximum absolute atomic E-state index is 2.32. The molecule has 0 rings (SSSR count). The molecule has 0 aliphatic carbocycles. The van der Waals surface area contributed by atoms with Crippen LogP contribution in [0.2, 0.25) is 0 Å². The van der Waals surface area contributed by atoms with E-state index in [4.69, 9.17) is 0 Å². The molecule has 0 atom stereocenters. The van der Waals surface area contributed by atoms with E-state index in [1.54, 1.807) is 0 Å². The van der Waals surface area contributed by atoms with Crippen LogP contribution in [0.3, 0.4) is 0 Å². The molecule has 0 heterocycles. The molecule has 0 fully saturated rings. The molecule has 1 nitrogen and oxygen atoms in total. The molecule has 0 unspecified atom stereocenters. The van der Waals surface area contributed by atoms with Crippen molar-refractivity contribution in [2.45, 2.75) is 85.0 Å². The zero-order valence-electron chi connectivity index (χ0n) is 13.5. The van der Waals surface area contributed by atoms with Gasteiger partial charge in [0.1, 0.15) is 0 Å². The lowest BCUT2D eigenvalue weighted by molar-refractivity contribution is 0.529. The van der Waals surface area contributed by atoms with Gasteiger partial charge >= 0.3 is 0 Å². The average Bonchev–Trinajstić information content (AvgIpc) is 2.44. The Balaban J connectivity index is 3.62. The molecule has 112 valence electrons. The number of allylic oxidation sites excluding steroid dienone is 2. The van der Waals surface area contributed by atoms with Crippen molar-refractivity contribution in [3.63, 3.8) is 0 Å². The SMILES string of the molecule is CCCCCC/C=C/N(/C=C/CCCCCC)CC. The summed E-state index contributed by atoms with van der Waals surface area (Å²) in [6, 6.07) is 0. The van der Waals surface area contributed by atoms with Gasteiger partial charge in [-0.3, -0.25) is 0 Å². The third-order valence-corrected chi connectivity index (χ3v) is 3.41. The highest BCUT2D eigenvalue weighted by molar-refractivity contribution is 4.91. The van der Waals surface area contributed by atoms with Gasteiger partial charge < -0.3 is 4.90 Å². The van der Waals surface area contributed by atoms with Crippen molar-refractivity contribution in [3.8, 4) is 0 Å². The molecule has 0 aromatic heterocycles. The fourth-order valence-electron chi connectivity index (χ4n) is 2.06. The van der Waals surface area contributed by atoms with Gasteiger partial charge in [0.2, 0.25) is 0 Å². The van der Waals surface area contributed by atoms with Gasteiger partial charge in [0.15, 0.2) is 0 Å². The molecule has 0 spiro atoms. The van der Waals surface area contributed by atoms with Crippen LogP contribution in [0.15, 0.2) is 24.6 Å². The number of rotatable bonds is 13. The van der Waals surface area contributed by atoms with Crippen molar-refractivity contribution in [2.24, 2.45) is 0 Å². The predicted molar refractivity (Wildman–Crippen MR) is 88.2 cm³/mol. The monoisotopic (exact) mass is 265 g/mol. The van der Waals surface area contributed by atoms with E-state index in [2.05, 4.69) is 50.2 Å². The van der Waals surface area contributed by atoms with Gasteiger partial charge in [-0.15, -0.1) is 0 Å². The van der Waals surface area contributed by atoms with E-state index in [9.17, 15) is 0 Å². The molecular weight excluding hydrogens is 230 g/mol. The van der Waals surface area contributed by atoms with Gasteiger partial charge in [0.05, 0.1) is 0 Å². The summed E-state index contributed by atoms with van der Waals surface area (Å²) >= 11 is 0. The molecule has 1 heteroatoms. The summed E-state index contributed by atoms with van der Waals surface area (Å²) in [5.41, 5.74) is 0. The smallest absolute Gasteiger partial charge is 0.0190 e. The molecule has 0 aliphatic heterocycles. The quantitative estimate of drug-likeness (QED) is 0.354. The average molecular weight is 265 g/mol. The minimum absolute atomic E-state index is 1.07. The summed E-state index contributed by atoms with van der Waals surface area (Å²) in [4.78, 5) is 2.29. The van der Waals surface area contributed by atoms with Crippen molar-refractivity contribution in [2.75, 3.05) is 6.54 Å². The summed E-state index contributed by atoms with van der Waals surface area (Å²) in [5.74, 6) is 0. The first-order chi connectivity index (χ1) is 9.35. The number of hydrogen-bond acceptors (Lipinski definition) is 1. The first kappa shape index (κ1) is 18.3. The van der Waals surface area contributed by atoms with Gasteiger partial charge in [-0.2, -0.15) is 0 Å². The van der Waals surface area contributed by atoms with Crippen molar-refractivity contribution in [3.05, 3.63) is 24.6 Å². The van der Waals surface area contributed by atoms with E-state index in [1.165, 1.54) is 64.2 Å². The Morgan fingerprint density at radius 1 is 0.632 bits per heavy atom. The lowest BCUT2D eigenvalue weighted by Gasteiger charge is -2.12. The second kappa shape index (κ2) is 15.3. The number of nitrogens with zero attached hydrogens (tertiary/aromatic N) is 1. The Morgan fingerprint density at radius 3 is 1.47 bits per heavy atom. The number of hydrogen-bond donors (Lipinski definition) is 0. The van der Waals surface area contributed by atoms with Gasteiger partial charge in [-0.1, -0.05) is 64.5 Å². The molecule has 0 radical (unpaired) electrons. The van der Waals surface area contributed by atoms with E-state index < -0.39 is 0 Å². The van der Waals surface area contributed by atoms with Crippen LogP contribution in [0.4, 0.5) is 0 Å². The van der Waals surface area contributed by atoms with Crippen LogP contribution in [0.1, 0.15) is 85.0 Å². The highest BCUT2D eigenvalue weighted by Crippen LogP contribution is 2.05. The molecule has 19 heavy (non-hydrogen) atoms. The standard InChI is InChI=1S/C18H35N/c1-4-7-9-11-13-15-17-19(6-3)18-16-14-12-10-8-5-2/h15-18H,4-14H2,1-3H3/b17-15+,18-16+. The van der Waals surface area contributed by atoms with E-state index in [0.717, 1.165) is 6.54 Å². The zero-order valence-corrected chi connectivity index (χ0v) is 13.5. The van der Waals surface area contributed by atoms with E-state index in [0.29, 0.717) is 0 Å².